The van der Waals surface area contributed by atoms with Crippen LogP contribution in [0.3, 0.4) is 0 Å². The molecule has 3 rings (SSSR count). The third kappa shape index (κ3) is 4.40. The van der Waals surface area contributed by atoms with Crippen molar-refractivity contribution in [1.29, 1.82) is 0 Å². The fourth-order valence-electron chi connectivity index (χ4n) is 2.38. The Morgan fingerprint density at radius 3 is 2.50 bits per heavy atom. The van der Waals surface area contributed by atoms with Crippen molar-refractivity contribution in [3.63, 3.8) is 0 Å². The normalized spacial score (nSPS) is 10.6. The van der Waals surface area contributed by atoms with E-state index in [-0.39, 0.29) is 12.5 Å². The van der Waals surface area contributed by atoms with E-state index in [0.717, 1.165) is 16.9 Å². The van der Waals surface area contributed by atoms with Crippen molar-refractivity contribution in [2.75, 3.05) is 14.2 Å². The number of carbonyl (C=O) groups excluding carboxylic acids is 1. The highest BCUT2D eigenvalue weighted by Gasteiger charge is 2.15. The van der Waals surface area contributed by atoms with Crippen LogP contribution in [0.25, 0.3) is 11.4 Å². The van der Waals surface area contributed by atoms with E-state index in [2.05, 4.69) is 10.1 Å². The van der Waals surface area contributed by atoms with E-state index in [1.165, 1.54) is 0 Å². The largest absolute Gasteiger partial charge is 0.497 e. The number of hydrogen-bond acceptors (Lipinski definition) is 5. The topological polar surface area (TPSA) is 68.5 Å². The van der Waals surface area contributed by atoms with E-state index in [9.17, 15) is 4.79 Å². The molecule has 1 heterocycles. The van der Waals surface area contributed by atoms with Gasteiger partial charge in [-0.15, -0.1) is 0 Å². The molecular formula is C19H18ClN3O3. The molecular weight excluding hydrogens is 354 g/mol. The quantitative estimate of drug-likeness (QED) is 0.662. The van der Waals surface area contributed by atoms with Crippen LogP contribution in [-0.4, -0.2) is 35.1 Å². The lowest BCUT2D eigenvalue weighted by Crippen LogP contribution is -2.27. The van der Waals surface area contributed by atoms with Gasteiger partial charge < -0.3 is 14.2 Å². The van der Waals surface area contributed by atoms with E-state index < -0.39 is 0 Å². The fourth-order valence-corrected chi connectivity index (χ4v) is 2.51. The zero-order chi connectivity index (χ0) is 18.5. The number of nitrogens with zero attached hydrogens (tertiary/aromatic N) is 3. The summed E-state index contributed by atoms with van der Waals surface area (Å²) in [7, 11) is 3.31. The summed E-state index contributed by atoms with van der Waals surface area (Å²) in [6.45, 7) is 0.246. The van der Waals surface area contributed by atoms with Crippen molar-refractivity contribution < 1.29 is 14.1 Å². The van der Waals surface area contributed by atoms with Crippen molar-refractivity contribution in [3.8, 4) is 17.1 Å². The molecule has 0 N–H and O–H groups in total. The summed E-state index contributed by atoms with van der Waals surface area (Å²) in [4.78, 5) is 18.3. The van der Waals surface area contributed by atoms with E-state index in [1.807, 2.05) is 36.4 Å². The first kappa shape index (κ1) is 17.9. The molecule has 3 aromatic rings. The van der Waals surface area contributed by atoms with Gasteiger partial charge >= 0.3 is 0 Å². The average Bonchev–Trinajstić information content (AvgIpc) is 3.11. The number of aromatic nitrogens is 2. The fraction of sp³-hybridized carbons (Fsp3) is 0.211. The molecule has 0 aliphatic carbocycles. The molecule has 26 heavy (non-hydrogen) atoms. The second kappa shape index (κ2) is 8.01. The first-order valence-corrected chi connectivity index (χ1v) is 8.38. The monoisotopic (exact) mass is 371 g/mol. The van der Waals surface area contributed by atoms with Crippen LogP contribution in [0.15, 0.2) is 53.1 Å². The molecule has 0 saturated heterocycles. The Labute approximate surface area is 156 Å². The number of carbonyl (C=O) groups is 1. The van der Waals surface area contributed by atoms with Gasteiger partial charge in [0.05, 0.1) is 20.1 Å². The second-order valence-electron chi connectivity index (χ2n) is 5.79. The molecule has 0 radical (unpaired) electrons. The molecule has 0 fully saturated rings. The average molecular weight is 372 g/mol. The number of rotatable bonds is 6. The van der Waals surface area contributed by atoms with Crippen LogP contribution in [0.5, 0.6) is 5.75 Å². The zero-order valence-corrected chi connectivity index (χ0v) is 15.2. The summed E-state index contributed by atoms with van der Waals surface area (Å²) in [5.41, 5.74) is 1.71. The van der Waals surface area contributed by atoms with E-state index >= 15 is 0 Å². The van der Waals surface area contributed by atoms with Crippen molar-refractivity contribution in [2.24, 2.45) is 0 Å². The van der Waals surface area contributed by atoms with E-state index in [0.29, 0.717) is 23.2 Å². The number of methoxy groups -OCH3 is 1. The van der Waals surface area contributed by atoms with Crippen molar-refractivity contribution in [3.05, 3.63) is 65.0 Å². The Hall–Kier alpha value is -2.86. The van der Waals surface area contributed by atoms with E-state index in [1.54, 1.807) is 31.2 Å². The molecule has 0 spiro atoms. The summed E-state index contributed by atoms with van der Waals surface area (Å²) < 4.78 is 10.4. The lowest BCUT2D eigenvalue weighted by Gasteiger charge is -2.14. The smallest absolute Gasteiger partial charge is 0.246 e. The molecule has 0 unspecified atom stereocenters. The Balaban J connectivity index is 1.61. The molecule has 134 valence electrons. The number of benzene rings is 2. The van der Waals surface area contributed by atoms with Crippen LogP contribution < -0.4 is 4.74 Å². The van der Waals surface area contributed by atoms with Crippen molar-refractivity contribution in [2.45, 2.75) is 13.0 Å². The summed E-state index contributed by atoms with van der Waals surface area (Å²) >= 11 is 5.88. The molecule has 0 bridgehead atoms. The third-order valence-corrected chi connectivity index (χ3v) is 4.14. The lowest BCUT2D eigenvalue weighted by atomic mass is 10.1. The lowest BCUT2D eigenvalue weighted by molar-refractivity contribution is -0.130. The maximum Gasteiger partial charge on any atom is 0.246 e. The number of halogens is 1. The summed E-state index contributed by atoms with van der Waals surface area (Å²) in [6.07, 6.45) is 0.290. The minimum Gasteiger partial charge on any atom is -0.497 e. The second-order valence-corrected chi connectivity index (χ2v) is 6.23. The molecule has 7 heteroatoms. The summed E-state index contributed by atoms with van der Waals surface area (Å²) in [5, 5.41) is 4.59. The first-order chi connectivity index (χ1) is 12.5. The maximum absolute atomic E-state index is 12.4. The molecule has 6 nitrogen and oxygen atoms in total. The number of amides is 1. The van der Waals surface area contributed by atoms with Crippen molar-refractivity contribution in [1.82, 2.24) is 15.0 Å². The van der Waals surface area contributed by atoms with Crippen LogP contribution in [-0.2, 0) is 17.8 Å². The van der Waals surface area contributed by atoms with Crippen LogP contribution >= 0.6 is 11.6 Å². The van der Waals surface area contributed by atoms with E-state index in [4.69, 9.17) is 20.9 Å². The number of hydrogen-bond donors (Lipinski definition) is 0. The van der Waals surface area contributed by atoms with Gasteiger partial charge in [0.15, 0.2) is 0 Å². The Morgan fingerprint density at radius 2 is 1.85 bits per heavy atom. The zero-order valence-electron chi connectivity index (χ0n) is 14.5. The number of ether oxygens (including phenoxy) is 1. The van der Waals surface area contributed by atoms with Gasteiger partial charge in [0.2, 0.25) is 17.6 Å². The number of likely N-dealkylation sites (N-methyl/N-ethyl adjacent to an activating group) is 1. The van der Waals surface area contributed by atoms with Crippen LogP contribution in [0.1, 0.15) is 11.5 Å². The molecule has 1 aromatic heterocycles. The van der Waals surface area contributed by atoms with Gasteiger partial charge in [-0.1, -0.05) is 28.9 Å². The Kier molecular flexibility index (Phi) is 5.53. The predicted octanol–water partition coefficient (Wildman–Crippen LogP) is 3.60. The van der Waals surface area contributed by atoms with Gasteiger partial charge in [0, 0.05) is 17.6 Å². The van der Waals surface area contributed by atoms with Crippen molar-refractivity contribution >= 4 is 17.5 Å². The van der Waals surface area contributed by atoms with Gasteiger partial charge in [-0.3, -0.25) is 4.79 Å². The maximum atomic E-state index is 12.4. The molecule has 0 aliphatic heterocycles. The van der Waals surface area contributed by atoms with Gasteiger partial charge in [0.1, 0.15) is 5.75 Å². The van der Waals surface area contributed by atoms with Gasteiger partial charge in [-0.25, -0.2) is 0 Å². The Morgan fingerprint density at radius 1 is 1.15 bits per heavy atom. The standard InChI is InChI=1S/C19H18ClN3O3/c1-23(18(24)11-13-3-9-16(25-2)10-4-13)12-17-21-19(22-26-17)14-5-7-15(20)8-6-14/h3-10H,11-12H2,1-2H3. The van der Waals surface area contributed by atoms with Gasteiger partial charge in [0.25, 0.3) is 0 Å². The van der Waals surface area contributed by atoms with Gasteiger partial charge in [-0.2, -0.15) is 4.98 Å². The minimum absolute atomic E-state index is 0.0404. The Bertz CT molecular complexity index is 876. The third-order valence-electron chi connectivity index (χ3n) is 3.88. The molecule has 0 atom stereocenters. The molecule has 0 saturated carbocycles. The molecule has 0 aliphatic rings. The summed E-state index contributed by atoms with van der Waals surface area (Å²) in [5.74, 6) is 1.56. The van der Waals surface area contributed by atoms with Gasteiger partial charge in [-0.05, 0) is 42.0 Å². The molecule has 2 aromatic carbocycles. The van der Waals surface area contributed by atoms with Crippen LogP contribution in [0.2, 0.25) is 5.02 Å². The summed E-state index contributed by atoms with van der Waals surface area (Å²) in [6, 6.07) is 14.6. The molecule has 1 amide bonds. The predicted molar refractivity (Wildman–Crippen MR) is 97.9 cm³/mol. The highest BCUT2D eigenvalue weighted by Crippen LogP contribution is 2.19. The minimum atomic E-state index is -0.0404. The first-order valence-electron chi connectivity index (χ1n) is 8.00. The van der Waals surface area contributed by atoms with Crippen LogP contribution in [0.4, 0.5) is 0 Å². The van der Waals surface area contributed by atoms with Crippen LogP contribution in [0, 0.1) is 0 Å². The highest BCUT2D eigenvalue weighted by atomic mass is 35.5. The SMILES string of the molecule is COc1ccc(CC(=O)N(C)Cc2nc(-c3ccc(Cl)cc3)no2)cc1. The highest BCUT2D eigenvalue weighted by molar-refractivity contribution is 6.30.